The molecule has 2 atom stereocenters. The van der Waals surface area contributed by atoms with Crippen LogP contribution >= 0.6 is 7.82 Å². The zero-order chi connectivity index (χ0) is 29.7. The summed E-state index contributed by atoms with van der Waals surface area (Å²) in [5.74, 6) is -0.536. The SMILES string of the molecule is CCCCCC/C=C\CCCCCCCC(=O)NCCOP(=O)(O)OCC(O)COC(=O)CCCCCCCC. The molecule has 0 aliphatic rings. The molecule has 0 aromatic rings. The highest BCUT2D eigenvalue weighted by atomic mass is 31.2. The second-order valence-corrected chi connectivity index (χ2v) is 11.9. The first-order valence-corrected chi connectivity index (χ1v) is 17.2. The number of aliphatic hydroxyl groups is 1. The fourth-order valence-electron chi connectivity index (χ4n) is 4.02. The summed E-state index contributed by atoms with van der Waals surface area (Å²) in [6.45, 7) is 3.42. The van der Waals surface area contributed by atoms with E-state index in [-0.39, 0.29) is 32.1 Å². The second kappa shape index (κ2) is 27.9. The van der Waals surface area contributed by atoms with Crippen molar-refractivity contribution in [1.82, 2.24) is 5.32 Å². The van der Waals surface area contributed by atoms with E-state index < -0.39 is 26.5 Å². The number of phosphoric ester groups is 1. The van der Waals surface area contributed by atoms with E-state index in [1.165, 1.54) is 51.4 Å². The summed E-state index contributed by atoms with van der Waals surface area (Å²) in [5.41, 5.74) is 0. The van der Waals surface area contributed by atoms with Crippen molar-refractivity contribution in [1.29, 1.82) is 0 Å². The molecule has 0 aromatic carbocycles. The molecule has 236 valence electrons. The molecule has 2 unspecified atom stereocenters. The van der Waals surface area contributed by atoms with Crippen LogP contribution in [0.4, 0.5) is 0 Å². The zero-order valence-electron chi connectivity index (χ0n) is 25.3. The Kier molecular flexibility index (Phi) is 27.0. The minimum Gasteiger partial charge on any atom is -0.463 e. The van der Waals surface area contributed by atoms with Crippen LogP contribution in [0, 0.1) is 0 Å². The molecule has 0 saturated carbocycles. The van der Waals surface area contributed by atoms with Gasteiger partial charge >= 0.3 is 13.8 Å². The van der Waals surface area contributed by atoms with Crippen molar-refractivity contribution in [2.24, 2.45) is 0 Å². The number of hydrogen-bond donors (Lipinski definition) is 3. The molecule has 0 aliphatic carbocycles. The lowest BCUT2D eigenvalue weighted by Gasteiger charge is -2.15. The van der Waals surface area contributed by atoms with E-state index in [2.05, 4.69) is 31.3 Å². The molecular weight excluding hydrogens is 533 g/mol. The van der Waals surface area contributed by atoms with Gasteiger partial charge in [-0.15, -0.1) is 0 Å². The number of esters is 1. The minimum atomic E-state index is -4.39. The predicted molar refractivity (Wildman–Crippen MR) is 160 cm³/mol. The van der Waals surface area contributed by atoms with E-state index in [0.29, 0.717) is 6.42 Å². The summed E-state index contributed by atoms with van der Waals surface area (Å²) in [7, 11) is -4.39. The van der Waals surface area contributed by atoms with E-state index in [0.717, 1.165) is 57.8 Å². The van der Waals surface area contributed by atoms with Crippen LogP contribution < -0.4 is 5.32 Å². The molecule has 0 radical (unpaired) electrons. The van der Waals surface area contributed by atoms with Crippen molar-refractivity contribution < 1.29 is 37.9 Å². The van der Waals surface area contributed by atoms with Gasteiger partial charge in [-0.05, 0) is 38.5 Å². The summed E-state index contributed by atoms with van der Waals surface area (Å²) >= 11 is 0. The number of unbranched alkanes of at least 4 members (excludes halogenated alkanes) is 14. The van der Waals surface area contributed by atoms with Gasteiger partial charge in [0.25, 0.3) is 0 Å². The lowest BCUT2D eigenvalue weighted by molar-refractivity contribution is -0.147. The Balaban J connectivity index is 3.66. The first-order valence-electron chi connectivity index (χ1n) is 15.7. The van der Waals surface area contributed by atoms with Crippen LogP contribution in [0.25, 0.3) is 0 Å². The maximum Gasteiger partial charge on any atom is 0.472 e. The highest BCUT2D eigenvalue weighted by molar-refractivity contribution is 7.47. The Morgan fingerprint density at radius 3 is 1.90 bits per heavy atom. The number of rotatable bonds is 29. The highest BCUT2D eigenvalue weighted by Gasteiger charge is 2.23. The molecule has 10 heteroatoms. The normalized spacial score (nSPS) is 13.8. The molecule has 3 N–H and O–H groups in total. The largest absolute Gasteiger partial charge is 0.472 e. The number of allylic oxidation sites excluding steroid dienone is 2. The number of carbonyl (C=O) groups is 2. The molecule has 0 rings (SSSR count). The van der Waals surface area contributed by atoms with Crippen LogP contribution in [-0.2, 0) is 27.9 Å². The third-order valence-corrected chi connectivity index (χ3v) is 7.43. The number of phosphoric acid groups is 1. The highest BCUT2D eigenvalue weighted by Crippen LogP contribution is 2.42. The molecule has 0 aliphatic heterocycles. The van der Waals surface area contributed by atoms with Gasteiger partial charge in [-0.25, -0.2) is 4.57 Å². The number of amides is 1. The maximum atomic E-state index is 11.9. The van der Waals surface area contributed by atoms with Crippen molar-refractivity contribution in [3.05, 3.63) is 12.2 Å². The molecule has 9 nitrogen and oxygen atoms in total. The quantitative estimate of drug-likeness (QED) is 0.0362. The number of aliphatic hydroxyl groups excluding tert-OH is 1. The van der Waals surface area contributed by atoms with Gasteiger partial charge in [-0.1, -0.05) is 96.6 Å². The smallest absolute Gasteiger partial charge is 0.463 e. The topological polar surface area (TPSA) is 131 Å². The summed E-state index contributed by atoms with van der Waals surface area (Å²) in [5, 5.41) is 12.5. The molecule has 0 heterocycles. The van der Waals surface area contributed by atoms with Gasteiger partial charge in [-0.3, -0.25) is 18.6 Å². The van der Waals surface area contributed by atoms with E-state index in [1.807, 2.05) is 0 Å². The molecule has 0 fully saturated rings. The van der Waals surface area contributed by atoms with Crippen LogP contribution in [0.2, 0.25) is 0 Å². The summed E-state index contributed by atoms with van der Waals surface area (Å²) in [6.07, 6.45) is 23.1. The number of nitrogens with one attached hydrogen (secondary N) is 1. The fourth-order valence-corrected chi connectivity index (χ4v) is 4.78. The maximum absolute atomic E-state index is 11.9. The van der Waals surface area contributed by atoms with Gasteiger partial charge in [-0.2, -0.15) is 0 Å². The van der Waals surface area contributed by atoms with Gasteiger partial charge in [0.15, 0.2) is 0 Å². The van der Waals surface area contributed by atoms with Gasteiger partial charge in [0.1, 0.15) is 12.7 Å². The van der Waals surface area contributed by atoms with Crippen LogP contribution in [0.3, 0.4) is 0 Å². The van der Waals surface area contributed by atoms with Crippen molar-refractivity contribution in [3.8, 4) is 0 Å². The van der Waals surface area contributed by atoms with Crippen LogP contribution in [0.1, 0.15) is 136 Å². The molecule has 0 bridgehead atoms. The van der Waals surface area contributed by atoms with Crippen LogP contribution in [0.15, 0.2) is 12.2 Å². The summed E-state index contributed by atoms with van der Waals surface area (Å²) in [4.78, 5) is 33.4. The molecule has 1 amide bonds. The van der Waals surface area contributed by atoms with Gasteiger partial charge in [0.05, 0.1) is 13.2 Å². The first-order chi connectivity index (χ1) is 19.3. The zero-order valence-corrected chi connectivity index (χ0v) is 26.2. The fraction of sp³-hybridized carbons (Fsp3) is 0.867. The third kappa shape index (κ3) is 28.3. The first kappa shape index (κ1) is 38.8. The Morgan fingerprint density at radius 1 is 0.750 bits per heavy atom. The average Bonchev–Trinajstić information content (AvgIpc) is 2.93. The lowest BCUT2D eigenvalue weighted by Crippen LogP contribution is -2.27. The van der Waals surface area contributed by atoms with Gasteiger partial charge in [0, 0.05) is 19.4 Å². The van der Waals surface area contributed by atoms with Gasteiger partial charge < -0.3 is 20.1 Å². The molecular formula is C30H58NO8P. The van der Waals surface area contributed by atoms with Crippen LogP contribution in [-0.4, -0.2) is 54.3 Å². The Labute approximate surface area is 243 Å². The summed E-state index contributed by atoms with van der Waals surface area (Å²) < 4.78 is 26.5. The number of carbonyl (C=O) groups excluding carboxylic acids is 2. The van der Waals surface area contributed by atoms with E-state index in [9.17, 15) is 24.2 Å². The lowest BCUT2D eigenvalue weighted by atomic mass is 10.1. The summed E-state index contributed by atoms with van der Waals surface area (Å²) in [6, 6.07) is 0. The minimum absolute atomic E-state index is 0.0795. The van der Waals surface area contributed by atoms with E-state index in [1.54, 1.807) is 0 Å². The second-order valence-electron chi connectivity index (χ2n) is 10.4. The van der Waals surface area contributed by atoms with Crippen molar-refractivity contribution >= 4 is 19.7 Å². The van der Waals surface area contributed by atoms with E-state index >= 15 is 0 Å². The predicted octanol–water partition coefficient (Wildman–Crippen LogP) is 7.15. The average molecular weight is 592 g/mol. The number of hydrogen-bond acceptors (Lipinski definition) is 7. The van der Waals surface area contributed by atoms with Gasteiger partial charge in [0.2, 0.25) is 5.91 Å². The molecule has 0 spiro atoms. The molecule has 40 heavy (non-hydrogen) atoms. The third-order valence-electron chi connectivity index (χ3n) is 6.45. The molecule has 0 aromatic heterocycles. The van der Waals surface area contributed by atoms with Crippen LogP contribution in [0.5, 0.6) is 0 Å². The van der Waals surface area contributed by atoms with Crippen molar-refractivity contribution in [2.75, 3.05) is 26.4 Å². The Bertz CT molecular complexity index is 689. The van der Waals surface area contributed by atoms with Crippen molar-refractivity contribution in [2.45, 2.75) is 142 Å². The Morgan fingerprint density at radius 2 is 1.27 bits per heavy atom. The Hall–Kier alpha value is -1.25. The molecule has 0 saturated heterocycles. The van der Waals surface area contributed by atoms with Crippen molar-refractivity contribution in [3.63, 3.8) is 0 Å². The monoisotopic (exact) mass is 591 g/mol. The standard InChI is InChI=1S/C30H58NO8P/c1-3-5-7-9-11-12-13-14-15-16-17-18-20-22-29(33)31-24-25-38-40(35,36)39-27-28(32)26-37-30(34)23-21-19-10-8-6-4-2/h12-13,28,32H,3-11,14-27H2,1-2H3,(H,31,33)(H,35,36)/b13-12-. The van der Waals surface area contributed by atoms with E-state index in [4.69, 9.17) is 13.8 Å². The number of ether oxygens (including phenoxy) is 1.